The predicted octanol–water partition coefficient (Wildman–Crippen LogP) is 0.00740. The molecule has 0 saturated carbocycles. The summed E-state index contributed by atoms with van der Waals surface area (Å²) in [5.41, 5.74) is 0. The van der Waals surface area contributed by atoms with Gasteiger partial charge in [-0.15, -0.1) is 0 Å². The molecule has 0 spiro atoms. The van der Waals surface area contributed by atoms with E-state index >= 15 is 0 Å². The van der Waals surface area contributed by atoms with Crippen LogP contribution in [0.3, 0.4) is 0 Å². The third-order valence-corrected chi connectivity index (χ3v) is 3.49. The standard InChI is InChI=1S/C3H10NO7PS/c1-2-3-11-12(6,7)4(5)13(8,9)10/h5H,2-3H2,1H3,(H,6,7)(H,8,9,10). The second kappa shape index (κ2) is 4.47. The summed E-state index contributed by atoms with van der Waals surface area (Å²) in [7, 11) is -10.0. The van der Waals surface area contributed by atoms with E-state index in [1.54, 1.807) is 6.92 Å². The van der Waals surface area contributed by atoms with E-state index in [0.29, 0.717) is 6.42 Å². The monoisotopic (exact) mass is 235 g/mol. The Bertz CT molecular complexity index is 299. The second-order valence-electron chi connectivity index (χ2n) is 2.02. The van der Waals surface area contributed by atoms with E-state index in [1.807, 2.05) is 0 Å². The van der Waals surface area contributed by atoms with Gasteiger partial charge in [-0.3, -0.25) is 14.3 Å². The average molecular weight is 235 g/mol. The number of hydrogen-bond donors (Lipinski definition) is 3. The molecule has 0 heterocycles. The molecular weight excluding hydrogens is 225 g/mol. The van der Waals surface area contributed by atoms with Crippen molar-refractivity contribution in [1.82, 2.24) is 4.24 Å². The van der Waals surface area contributed by atoms with Crippen molar-refractivity contribution in [2.75, 3.05) is 6.61 Å². The van der Waals surface area contributed by atoms with Gasteiger partial charge in [0.15, 0.2) is 0 Å². The van der Waals surface area contributed by atoms with Gasteiger partial charge in [0.25, 0.3) is 0 Å². The lowest BCUT2D eigenvalue weighted by Crippen LogP contribution is -2.24. The molecule has 8 nitrogen and oxygen atoms in total. The third-order valence-electron chi connectivity index (χ3n) is 0.886. The lowest BCUT2D eigenvalue weighted by molar-refractivity contribution is 0.0387. The van der Waals surface area contributed by atoms with Gasteiger partial charge in [0, 0.05) is 4.24 Å². The van der Waals surface area contributed by atoms with Crippen LogP contribution in [0.15, 0.2) is 0 Å². The zero-order chi connectivity index (χ0) is 10.7. The fourth-order valence-electron chi connectivity index (χ4n) is 0.390. The van der Waals surface area contributed by atoms with Crippen LogP contribution in [0.2, 0.25) is 0 Å². The molecule has 0 bridgehead atoms. The highest BCUT2D eigenvalue weighted by molar-refractivity contribution is 7.88. The van der Waals surface area contributed by atoms with Crippen LogP contribution in [0.4, 0.5) is 0 Å². The maximum Gasteiger partial charge on any atom is 0.444 e. The molecule has 0 fully saturated rings. The van der Waals surface area contributed by atoms with E-state index in [1.165, 1.54) is 0 Å². The molecule has 13 heavy (non-hydrogen) atoms. The predicted molar refractivity (Wildman–Crippen MR) is 41.2 cm³/mol. The third kappa shape index (κ3) is 4.14. The first-order valence-electron chi connectivity index (χ1n) is 3.16. The fraction of sp³-hybridized carbons (Fsp3) is 1.00. The quantitative estimate of drug-likeness (QED) is 0.348. The zero-order valence-corrected chi connectivity index (χ0v) is 8.40. The summed E-state index contributed by atoms with van der Waals surface area (Å²) in [5.74, 6) is 0. The Morgan fingerprint density at radius 2 is 2.00 bits per heavy atom. The number of nitrogens with zero attached hydrogens (tertiary/aromatic N) is 1. The van der Waals surface area contributed by atoms with Gasteiger partial charge in [-0.05, 0) is 6.42 Å². The van der Waals surface area contributed by atoms with Crippen molar-refractivity contribution in [1.29, 1.82) is 0 Å². The van der Waals surface area contributed by atoms with Gasteiger partial charge in [0.05, 0.1) is 6.61 Å². The Kier molecular flexibility index (Phi) is 4.46. The minimum atomic E-state index is -5.14. The maximum absolute atomic E-state index is 10.8. The number of hydrogen-bond acceptors (Lipinski definition) is 5. The SMILES string of the molecule is CCCOP(=O)(O)N(O)S(=O)(=O)O. The Morgan fingerprint density at radius 1 is 1.54 bits per heavy atom. The van der Waals surface area contributed by atoms with Crippen LogP contribution in [0.1, 0.15) is 13.3 Å². The van der Waals surface area contributed by atoms with Gasteiger partial charge < -0.3 is 4.89 Å². The van der Waals surface area contributed by atoms with Crippen molar-refractivity contribution in [3.63, 3.8) is 0 Å². The van der Waals surface area contributed by atoms with Gasteiger partial charge in [-0.2, -0.15) is 8.42 Å². The molecule has 0 rings (SSSR count). The summed E-state index contributed by atoms with van der Waals surface area (Å²) in [6, 6.07) is 0. The molecule has 0 saturated heterocycles. The van der Waals surface area contributed by atoms with Crippen molar-refractivity contribution in [2.24, 2.45) is 0 Å². The van der Waals surface area contributed by atoms with E-state index in [4.69, 9.17) is 14.7 Å². The normalized spacial score (nSPS) is 17.3. The van der Waals surface area contributed by atoms with Crippen molar-refractivity contribution in [3.8, 4) is 0 Å². The zero-order valence-electron chi connectivity index (χ0n) is 6.69. The summed E-state index contributed by atoms with van der Waals surface area (Å²) in [5, 5.41) is 8.50. The van der Waals surface area contributed by atoms with E-state index in [2.05, 4.69) is 4.52 Å². The van der Waals surface area contributed by atoms with Gasteiger partial charge in [-0.25, -0.2) is 4.57 Å². The molecule has 0 amide bonds. The molecule has 0 aromatic heterocycles. The molecule has 0 aromatic carbocycles. The topological polar surface area (TPSA) is 124 Å². The highest BCUT2D eigenvalue weighted by atomic mass is 32.2. The lowest BCUT2D eigenvalue weighted by atomic mass is 10.5. The van der Waals surface area contributed by atoms with Crippen LogP contribution in [-0.2, 0) is 19.4 Å². The molecule has 0 aromatic rings. The first-order chi connectivity index (χ1) is 5.72. The van der Waals surface area contributed by atoms with E-state index < -0.39 is 22.3 Å². The largest absolute Gasteiger partial charge is 0.444 e. The second-order valence-corrected chi connectivity index (χ2v) is 5.15. The van der Waals surface area contributed by atoms with Crippen LogP contribution in [0.25, 0.3) is 0 Å². The molecule has 1 atom stereocenters. The Hall–Kier alpha value is -0.0200. The Morgan fingerprint density at radius 3 is 2.31 bits per heavy atom. The van der Waals surface area contributed by atoms with E-state index in [0.717, 1.165) is 0 Å². The average Bonchev–Trinajstić information content (AvgIpc) is 1.98. The summed E-state index contributed by atoms with van der Waals surface area (Å²) in [4.78, 5) is 8.72. The van der Waals surface area contributed by atoms with Crippen LogP contribution < -0.4 is 0 Å². The van der Waals surface area contributed by atoms with Crippen LogP contribution in [0, 0.1) is 0 Å². The maximum atomic E-state index is 10.8. The van der Waals surface area contributed by atoms with Gasteiger partial charge in [0.1, 0.15) is 0 Å². The lowest BCUT2D eigenvalue weighted by Gasteiger charge is -2.16. The molecule has 80 valence electrons. The van der Waals surface area contributed by atoms with E-state index in [-0.39, 0.29) is 6.61 Å². The summed E-state index contributed by atoms with van der Waals surface area (Å²) in [6.45, 7) is 1.38. The molecule has 3 N–H and O–H groups in total. The minimum absolute atomic E-state index is 0.222. The van der Waals surface area contributed by atoms with Crippen LogP contribution in [0.5, 0.6) is 0 Å². The summed E-state index contributed by atoms with van der Waals surface area (Å²) in [6.07, 6.45) is 0.351. The van der Waals surface area contributed by atoms with Crippen LogP contribution in [-0.4, -0.2) is 33.9 Å². The van der Waals surface area contributed by atoms with Gasteiger partial charge in [-0.1, -0.05) is 6.92 Å². The van der Waals surface area contributed by atoms with Gasteiger partial charge in [0.2, 0.25) is 0 Å². The van der Waals surface area contributed by atoms with Crippen molar-refractivity contribution in [2.45, 2.75) is 13.3 Å². The Balaban J connectivity index is 4.56. The fourth-order valence-corrected chi connectivity index (χ4v) is 2.09. The summed E-state index contributed by atoms with van der Waals surface area (Å²) < 4.78 is 42.3. The summed E-state index contributed by atoms with van der Waals surface area (Å²) >= 11 is 0. The Labute approximate surface area is 75.2 Å². The van der Waals surface area contributed by atoms with Gasteiger partial charge >= 0.3 is 18.1 Å². The first-order valence-corrected chi connectivity index (χ1v) is 6.09. The van der Waals surface area contributed by atoms with Crippen molar-refractivity contribution >= 4 is 18.1 Å². The molecule has 0 aliphatic carbocycles. The van der Waals surface area contributed by atoms with Crippen molar-refractivity contribution in [3.05, 3.63) is 0 Å². The van der Waals surface area contributed by atoms with E-state index in [9.17, 15) is 13.0 Å². The molecule has 0 aliphatic heterocycles. The molecular formula is C3H10NO7PS. The number of rotatable bonds is 5. The van der Waals surface area contributed by atoms with Crippen LogP contribution >= 0.6 is 7.75 Å². The van der Waals surface area contributed by atoms with Crippen molar-refractivity contribution < 1.29 is 32.2 Å². The molecule has 1 unspecified atom stereocenters. The molecule has 0 radical (unpaired) electrons. The minimum Gasteiger partial charge on any atom is -0.310 e. The highest BCUT2D eigenvalue weighted by Gasteiger charge is 2.37. The molecule has 10 heteroatoms. The first kappa shape index (κ1) is 13.0. The molecule has 0 aliphatic rings. The highest BCUT2D eigenvalue weighted by Crippen LogP contribution is 2.46. The smallest absolute Gasteiger partial charge is 0.310 e.